The van der Waals surface area contributed by atoms with Crippen LogP contribution in [-0.4, -0.2) is 4.57 Å². The number of fused-ring (bicyclic) bond motifs is 3. The highest BCUT2D eigenvalue weighted by Crippen LogP contribution is 2.36. The molecule has 8 aromatic rings. The average molecular weight is 576 g/mol. The van der Waals surface area contributed by atoms with Crippen LogP contribution >= 0.6 is 0 Å². The maximum atomic E-state index is 2.37. The van der Waals surface area contributed by atoms with Crippen molar-refractivity contribution in [2.75, 3.05) is 0 Å². The monoisotopic (exact) mass is 575 g/mol. The van der Waals surface area contributed by atoms with Crippen LogP contribution in [0.25, 0.3) is 60.9 Å². The summed E-state index contributed by atoms with van der Waals surface area (Å²) in [5, 5.41) is 2.54. The molecule has 0 aliphatic rings. The Bertz CT molecular complexity index is 2260. The molecule has 1 atom stereocenters. The molecule has 214 valence electrons. The first-order valence-corrected chi connectivity index (χ1v) is 15.7. The van der Waals surface area contributed by atoms with Crippen LogP contribution in [0.4, 0.5) is 0 Å². The molecule has 0 N–H and O–H groups in total. The van der Waals surface area contributed by atoms with Gasteiger partial charge in [-0.2, -0.15) is 0 Å². The van der Waals surface area contributed by atoms with Gasteiger partial charge in [-0.05, 0) is 80.9 Å². The Morgan fingerprint density at radius 2 is 0.889 bits per heavy atom. The first-order chi connectivity index (χ1) is 22.2. The van der Waals surface area contributed by atoms with Crippen molar-refractivity contribution < 1.29 is 0 Å². The molecule has 1 nitrogen and oxygen atoms in total. The van der Waals surface area contributed by atoms with Crippen LogP contribution in [0.5, 0.6) is 0 Å². The summed E-state index contributed by atoms with van der Waals surface area (Å²) in [6.45, 7) is 2.30. The molecule has 1 aromatic heterocycles. The Labute approximate surface area is 264 Å². The molecule has 1 unspecified atom stereocenters. The maximum Gasteiger partial charge on any atom is 0.0541 e. The molecule has 0 fully saturated rings. The van der Waals surface area contributed by atoms with Crippen LogP contribution < -0.4 is 0 Å². The van der Waals surface area contributed by atoms with Crippen molar-refractivity contribution in [3.05, 3.63) is 187 Å². The van der Waals surface area contributed by atoms with Gasteiger partial charge >= 0.3 is 0 Å². The first-order valence-electron chi connectivity index (χ1n) is 15.7. The molecule has 0 aliphatic carbocycles. The number of hydrogen-bond donors (Lipinski definition) is 0. The van der Waals surface area contributed by atoms with Gasteiger partial charge in [-0.1, -0.05) is 146 Å². The standard InChI is InChI=1S/C44H33N/c1-31(32-22-24-34(25-23-32)33-12-4-2-5-13-33)35-14-10-15-36(28-35)37-16-11-17-38(29-37)39-26-27-44-42(30-39)41-20-8-9-21-43(41)45(44)40-18-6-3-7-19-40/h2-31H,1H3. The summed E-state index contributed by atoms with van der Waals surface area (Å²) in [7, 11) is 0. The van der Waals surface area contributed by atoms with E-state index in [-0.39, 0.29) is 0 Å². The Balaban J connectivity index is 1.13. The largest absolute Gasteiger partial charge is 0.309 e. The Morgan fingerprint density at radius 3 is 1.64 bits per heavy atom. The van der Waals surface area contributed by atoms with Crippen LogP contribution in [0.2, 0.25) is 0 Å². The number of nitrogens with zero attached hydrogens (tertiary/aromatic N) is 1. The molecule has 0 amide bonds. The Hall–Kier alpha value is -5.66. The van der Waals surface area contributed by atoms with Crippen LogP contribution in [0.3, 0.4) is 0 Å². The molecule has 1 heteroatoms. The van der Waals surface area contributed by atoms with Crippen LogP contribution in [-0.2, 0) is 0 Å². The molecule has 0 spiro atoms. The summed E-state index contributed by atoms with van der Waals surface area (Å²) in [6, 6.07) is 63.8. The summed E-state index contributed by atoms with van der Waals surface area (Å²) in [4.78, 5) is 0. The fourth-order valence-electron chi connectivity index (χ4n) is 6.66. The molecule has 0 saturated heterocycles. The van der Waals surface area contributed by atoms with Crippen molar-refractivity contribution in [2.24, 2.45) is 0 Å². The normalized spacial score (nSPS) is 12.0. The molecule has 0 aliphatic heterocycles. The zero-order chi connectivity index (χ0) is 30.2. The van der Waals surface area contributed by atoms with Gasteiger partial charge in [-0.15, -0.1) is 0 Å². The van der Waals surface area contributed by atoms with Gasteiger partial charge in [0.05, 0.1) is 11.0 Å². The third-order valence-electron chi connectivity index (χ3n) is 9.12. The fraction of sp³-hybridized carbons (Fsp3) is 0.0455. The molecule has 0 bridgehead atoms. The molecular formula is C44H33N. The van der Waals surface area contributed by atoms with Gasteiger partial charge in [0.25, 0.3) is 0 Å². The second-order valence-electron chi connectivity index (χ2n) is 11.8. The van der Waals surface area contributed by atoms with E-state index in [2.05, 4.69) is 187 Å². The molecule has 1 heterocycles. The summed E-state index contributed by atoms with van der Waals surface area (Å²) in [6.07, 6.45) is 0. The zero-order valence-electron chi connectivity index (χ0n) is 25.3. The number of hydrogen-bond acceptors (Lipinski definition) is 0. The van der Waals surface area contributed by atoms with Crippen LogP contribution in [0, 0.1) is 0 Å². The highest BCUT2D eigenvalue weighted by Gasteiger charge is 2.14. The van der Waals surface area contributed by atoms with E-state index in [1.54, 1.807) is 0 Å². The van der Waals surface area contributed by atoms with E-state index in [4.69, 9.17) is 0 Å². The van der Waals surface area contributed by atoms with Gasteiger partial charge in [-0.25, -0.2) is 0 Å². The lowest BCUT2D eigenvalue weighted by molar-refractivity contribution is 0.923. The SMILES string of the molecule is CC(c1ccc(-c2ccccc2)cc1)c1cccc(-c2cccc(-c3ccc4c(c3)c3ccccc3n4-c3ccccc3)c2)c1. The zero-order valence-corrected chi connectivity index (χ0v) is 25.3. The lowest BCUT2D eigenvalue weighted by Gasteiger charge is -2.15. The smallest absolute Gasteiger partial charge is 0.0541 e. The van der Waals surface area contributed by atoms with Crippen molar-refractivity contribution in [1.29, 1.82) is 0 Å². The van der Waals surface area contributed by atoms with Gasteiger partial charge in [0, 0.05) is 22.4 Å². The van der Waals surface area contributed by atoms with Crippen molar-refractivity contribution in [2.45, 2.75) is 12.8 Å². The van der Waals surface area contributed by atoms with E-state index in [9.17, 15) is 0 Å². The minimum atomic E-state index is 0.294. The summed E-state index contributed by atoms with van der Waals surface area (Å²) in [5.41, 5.74) is 13.7. The van der Waals surface area contributed by atoms with E-state index in [1.807, 2.05) is 0 Å². The van der Waals surface area contributed by atoms with E-state index < -0.39 is 0 Å². The van der Waals surface area contributed by atoms with E-state index >= 15 is 0 Å². The van der Waals surface area contributed by atoms with Crippen LogP contribution in [0.15, 0.2) is 176 Å². The molecule has 45 heavy (non-hydrogen) atoms. The topological polar surface area (TPSA) is 4.93 Å². The van der Waals surface area contributed by atoms with E-state index in [0.717, 1.165) is 0 Å². The maximum absolute atomic E-state index is 2.37. The van der Waals surface area contributed by atoms with Gasteiger partial charge in [-0.3, -0.25) is 0 Å². The first kappa shape index (κ1) is 26.9. The average Bonchev–Trinajstić information content (AvgIpc) is 3.46. The van der Waals surface area contributed by atoms with E-state index in [1.165, 1.54) is 72.0 Å². The number of aromatic nitrogens is 1. The number of benzene rings is 7. The van der Waals surface area contributed by atoms with Crippen LogP contribution in [0.1, 0.15) is 24.0 Å². The van der Waals surface area contributed by atoms with Gasteiger partial charge in [0.2, 0.25) is 0 Å². The molecule has 7 aromatic carbocycles. The van der Waals surface area contributed by atoms with Gasteiger partial charge < -0.3 is 4.57 Å². The molecule has 8 rings (SSSR count). The predicted molar refractivity (Wildman–Crippen MR) is 191 cm³/mol. The lowest BCUT2D eigenvalue weighted by atomic mass is 9.89. The second kappa shape index (κ2) is 11.4. The second-order valence-corrected chi connectivity index (χ2v) is 11.8. The third kappa shape index (κ3) is 5.03. The van der Waals surface area contributed by atoms with E-state index in [0.29, 0.717) is 5.92 Å². The van der Waals surface area contributed by atoms with Crippen molar-refractivity contribution in [1.82, 2.24) is 4.57 Å². The highest BCUT2D eigenvalue weighted by molar-refractivity contribution is 6.10. The fourth-order valence-corrected chi connectivity index (χ4v) is 6.66. The number of rotatable bonds is 6. The third-order valence-corrected chi connectivity index (χ3v) is 9.12. The summed E-state index contributed by atoms with van der Waals surface area (Å²) >= 11 is 0. The Morgan fingerprint density at radius 1 is 0.356 bits per heavy atom. The van der Waals surface area contributed by atoms with Crippen molar-refractivity contribution >= 4 is 21.8 Å². The number of para-hydroxylation sites is 2. The van der Waals surface area contributed by atoms with Gasteiger partial charge in [0.15, 0.2) is 0 Å². The van der Waals surface area contributed by atoms with Crippen molar-refractivity contribution in [3.8, 4) is 39.1 Å². The molecule has 0 saturated carbocycles. The van der Waals surface area contributed by atoms with Crippen molar-refractivity contribution in [3.63, 3.8) is 0 Å². The minimum absolute atomic E-state index is 0.294. The quantitative estimate of drug-likeness (QED) is 0.186. The Kier molecular flexibility index (Phi) is 6.85. The molecular weight excluding hydrogens is 542 g/mol. The molecule has 0 radical (unpaired) electrons. The predicted octanol–water partition coefficient (Wildman–Crippen LogP) is 11.9. The summed E-state index contributed by atoms with van der Waals surface area (Å²) in [5.74, 6) is 0.294. The lowest BCUT2D eigenvalue weighted by Crippen LogP contribution is -1.96. The van der Waals surface area contributed by atoms with Gasteiger partial charge in [0.1, 0.15) is 0 Å². The summed E-state index contributed by atoms with van der Waals surface area (Å²) < 4.78 is 2.37. The minimum Gasteiger partial charge on any atom is -0.309 e. The highest BCUT2D eigenvalue weighted by atomic mass is 15.0.